The van der Waals surface area contributed by atoms with E-state index in [-0.39, 0.29) is 17.7 Å². The van der Waals surface area contributed by atoms with E-state index in [4.69, 9.17) is 9.72 Å². The molecule has 0 atom stereocenters. The van der Waals surface area contributed by atoms with Gasteiger partial charge >= 0.3 is 6.18 Å². The molecule has 1 N–H and O–H groups in total. The number of anilines is 1. The molecule has 3 heterocycles. The quantitative estimate of drug-likeness (QED) is 0.219. The van der Waals surface area contributed by atoms with Crippen LogP contribution in [0, 0.1) is 6.92 Å². The Morgan fingerprint density at radius 1 is 0.933 bits per heavy atom. The molecule has 0 saturated carbocycles. The van der Waals surface area contributed by atoms with Crippen molar-refractivity contribution < 1.29 is 22.7 Å². The number of rotatable bonds is 7. The van der Waals surface area contributed by atoms with Gasteiger partial charge in [-0.15, -0.1) is 0 Å². The first-order valence-corrected chi connectivity index (χ1v) is 14.6. The highest BCUT2D eigenvalue weighted by molar-refractivity contribution is 6.05. The summed E-state index contributed by atoms with van der Waals surface area (Å²) in [5.41, 5.74) is 2.63. The summed E-state index contributed by atoms with van der Waals surface area (Å²) >= 11 is 0. The van der Waals surface area contributed by atoms with Crippen molar-refractivity contribution >= 4 is 22.6 Å². The van der Waals surface area contributed by atoms with Gasteiger partial charge < -0.3 is 19.5 Å². The maximum absolute atomic E-state index is 14.1. The number of hydrogen-bond donors (Lipinski definition) is 1. The number of nitrogens with zero attached hydrogens (tertiary/aromatic N) is 5. The number of carbonyl (C=O) groups excluding carboxylic acids is 1. The number of alkyl halides is 3. The summed E-state index contributed by atoms with van der Waals surface area (Å²) in [5, 5.41) is 2.78. The summed E-state index contributed by atoms with van der Waals surface area (Å²) in [6, 6.07) is 20.4. The summed E-state index contributed by atoms with van der Waals surface area (Å²) in [4.78, 5) is 26.8. The van der Waals surface area contributed by atoms with E-state index < -0.39 is 17.6 Å². The third kappa shape index (κ3) is 6.69. The number of amides is 1. The standard InChI is InChI=1S/C34H33F3N6O2/c1-22-9-12-26(45-33-30-28(13-14-42(30)3)38-31(40-33)23-7-5-4-6-8-23)20-29(22)39-32(44)24-10-11-25(27(19-24)34(35,36)37)21-43-17-15-41(2)16-18-43/h4-14,19-20H,15-18,21H2,1-3H3,(H,39,44). The molecule has 0 aliphatic carbocycles. The molecular formula is C34H33F3N6O2. The monoisotopic (exact) mass is 614 g/mol. The van der Waals surface area contributed by atoms with Gasteiger partial charge in [0.05, 0.1) is 11.1 Å². The number of carbonyl (C=O) groups is 1. The number of hydrogen-bond acceptors (Lipinski definition) is 6. The van der Waals surface area contributed by atoms with Crippen LogP contribution in [-0.2, 0) is 19.8 Å². The molecule has 2 aromatic heterocycles. The number of benzene rings is 3. The van der Waals surface area contributed by atoms with Gasteiger partial charge in [-0.1, -0.05) is 42.5 Å². The number of aryl methyl sites for hydroxylation is 2. The minimum Gasteiger partial charge on any atom is -0.437 e. The topological polar surface area (TPSA) is 75.5 Å². The Bertz CT molecular complexity index is 1850. The van der Waals surface area contributed by atoms with Crippen LogP contribution in [0.2, 0.25) is 0 Å². The minimum atomic E-state index is -4.60. The second-order valence-electron chi connectivity index (χ2n) is 11.4. The van der Waals surface area contributed by atoms with Gasteiger partial charge in [-0.2, -0.15) is 18.2 Å². The van der Waals surface area contributed by atoms with Crippen molar-refractivity contribution in [1.29, 1.82) is 0 Å². The van der Waals surface area contributed by atoms with Crippen LogP contribution in [0.15, 0.2) is 79.0 Å². The number of nitrogens with one attached hydrogen (secondary N) is 1. The van der Waals surface area contributed by atoms with Gasteiger partial charge in [-0.05, 0) is 49.4 Å². The molecule has 5 aromatic rings. The zero-order valence-electron chi connectivity index (χ0n) is 25.2. The summed E-state index contributed by atoms with van der Waals surface area (Å²) < 4.78 is 50.5. The van der Waals surface area contributed by atoms with Gasteiger partial charge in [-0.3, -0.25) is 9.69 Å². The van der Waals surface area contributed by atoms with Crippen LogP contribution in [0.5, 0.6) is 11.6 Å². The van der Waals surface area contributed by atoms with Gasteiger partial charge in [0.2, 0.25) is 5.88 Å². The third-order valence-corrected chi connectivity index (χ3v) is 8.06. The Kier molecular flexibility index (Phi) is 8.30. The highest BCUT2D eigenvalue weighted by atomic mass is 19.4. The van der Waals surface area contributed by atoms with Crippen LogP contribution >= 0.6 is 0 Å². The number of piperazine rings is 1. The van der Waals surface area contributed by atoms with Crippen LogP contribution in [0.4, 0.5) is 18.9 Å². The zero-order valence-corrected chi connectivity index (χ0v) is 25.2. The minimum absolute atomic E-state index is 0.0796. The Morgan fingerprint density at radius 2 is 1.69 bits per heavy atom. The molecule has 0 unspecified atom stereocenters. The van der Waals surface area contributed by atoms with E-state index in [1.54, 1.807) is 25.1 Å². The molecular weight excluding hydrogens is 581 g/mol. The maximum atomic E-state index is 14.1. The fourth-order valence-corrected chi connectivity index (χ4v) is 5.41. The lowest BCUT2D eigenvalue weighted by Gasteiger charge is -2.33. The van der Waals surface area contributed by atoms with E-state index in [0.717, 1.165) is 30.3 Å². The molecule has 6 rings (SSSR count). The van der Waals surface area contributed by atoms with E-state index in [2.05, 4.69) is 15.2 Å². The number of ether oxygens (including phenoxy) is 1. The molecule has 1 aliphatic heterocycles. The molecule has 0 spiro atoms. The van der Waals surface area contributed by atoms with Crippen molar-refractivity contribution in [3.8, 4) is 23.0 Å². The highest BCUT2D eigenvalue weighted by Crippen LogP contribution is 2.35. The van der Waals surface area contributed by atoms with Crippen molar-refractivity contribution in [3.63, 3.8) is 0 Å². The summed E-state index contributed by atoms with van der Waals surface area (Å²) in [7, 11) is 3.86. The van der Waals surface area contributed by atoms with Crippen molar-refractivity contribution in [2.24, 2.45) is 7.05 Å². The molecule has 232 valence electrons. The summed E-state index contributed by atoms with van der Waals surface area (Å²) in [6.07, 6.45) is -2.73. The lowest BCUT2D eigenvalue weighted by molar-refractivity contribution is -0.138. The SMILES string of the molecule is Cc1ccc(Oc2nc(-c3ccccc3)nc3ccn(C)c23)cc1NC(=O)c1ccc(CN2CCN(C)CC2)c(C(F)(F)F)c1. The predicted octanol–water partition coefficient (Wildman–Crippen LogP) is 6.75. The Hall–Kier alpha value is -4.74. The highest BCUT2D eigenvalue weighted by Gasteiger charge is 2.34. The maximum Gasteiger partial charge on any atom is 0.416 e. The molecule has 8 nitrogen and oxygen atoms in total. The lowest BCUT2D eigenvalue weighted by Crippen LogP contribution is -2.44. The normalized spacial score (nSPS) is 14.5. The lowest BCUT2D eigenvalue weighted by atomic mass is 10.0. The van der Waals surface area contributed by atoms with Crippen LogP contribution in [-0.4, -0.2) is 63.5 Å². The first-order valence-electron chi connectivity index (χ1n) is 14.6. The van der Waals surface area contributed by atoms with Crippen molar-refractivity contribution in [1.82, 2.24) is 24.3 Å². The largest absolute Gasteiger partial charge is 0.437 e. The second-order valence-corrected chi connectivity index (χ2v) is 11.4. The van der Waals surface area contributed by atoms with Gasteiger partial charge in [-0.25, -0.2) is 4.98 Å². The third-order valence-electron chi connectivity index (χ3n) is 8.06. The number of fused-ring (bicyclic) bond motifs is 1. The van der Waals surface area contributed by atoms with Crippen LogP contribution in [0.25, 0.3) is 22.4 Å². The van der Waals surface area contributed by atoms with Crippen LogP contribution in [0.3, 0.4) is 0 Å². The Labute approximate surface area is 259 Å². The first kappa shape index (κ1) is 30.3. The molecule has 1 saturated heterocycles. The van der Waals surface area contributed by atoms with Crippen LogP contribution in [0.1, 0.15) is 27.0 Å². The average Bonchev–Trinajstić information content (AvgIpc) is 3.40. The van der Waals surface area contributed by atoms with Crippen molar-refractivity contribution in [2.75, 3.05) is 38.5 Å². The molecule has 1 fully saturated rings. The smallest absolute Gasteiger partial charge is 0.416 e. The molecule has 0 radical (unpaired) electrons. The number of aromatic nitrogens is 3. The van der Waals surface area contributed by atoms with E-state index in [0.29, 0.717) is 47.3 Å². The second kappa shape index (κ2) is 12.3. The molecule has 45 heavy (non-hydrogen) atoms. The molecule has 11 heteroatoms. The van der Waals surface area contributed by atoms with Crippen molar-refractivity contribution in [2.45, 2.75) is 19.6 Å². The molecule has 0 bridgehead atoms. The van der Waals surface area contributed by atoms with E-state index in [1.807, 2.05) is 66.2 Å². The Morgan fingerprint density at radius 3 is 2.42 bits per heavy atom. The number of likely N-dealkylation sites (N-methyl/N-ethyl adjacent to an activating group) is 1. The summed E-state index contributed by atoms with van der Waals surface area (Å²) in [5.74, 6) is 0.583. The Balaban J connectivity index is 1.25. The molecule has 1 aliphatic rings. The predicted molar refractivity (Wildman–Crippen MR) is 167 cm³/mol. The van der Waals surface area contributed by atoms with Gasteiger partial charge in [0, 0.05) is 68.8 Å². The van der Waals surface area contributed by atoms with Gasteiger partial charge in [0.25, 0.3) is 5.91 Å². The first-order chi connectivity index (χ1) is 21.5. The number of halogens is 3. The molecule has 1 amide bonds. The van der Waals surface area contributed by atoms with E-state index >= 15 is 0 Å². The summed E-state index contributed by atoms with van der Waals surface area (Å²) in [6.45, 7) is 4.94. The van der Waals surface area contributed by atoms with E-state index in [1.165, 1.54) is 12.1 Å². The zero-order chi connectivity index (χ0) is 31.7. The van der Waals surface area contributed by atoms with Gasteiger partial charge in [0.1, 0.15) is 11.3 Å². The van der Waals surface area contributed by atoms with Crippen molar-refractivity contribution in [3.05, 3.63) is 101 Å². The van der Waals surface area contributed by atoms with Crippen LogP contribution < -0.4 is 10.1 Å². The van der Waals surface area contributed by atoms with Gasteiger partial charge in [0.15, 0.2) is 5.82 Å². The fraction of sp³-hybridized carbons (Fsp3) is 0.265. The van der Waals surface area contributed by atoms with E-state index in [9.17, 15) is 18.0 Å². The fourth-order valence-electron chi connectivity index (χ4n) is 5.41. The molecule has 3 aromatic carbocycles. The average molecular weight is 615 g/mol.